The van der Waals surface area contributed by atoms with Gasteiger partial charge < -0.3 is 0 Å². The summed E-state index contributed by atoms with van der Waals surface area (Å²) in [6, 6.07) is 22.2. The lowest BCUT2D eigenvalue weighted by Crippen LogP contribution is -2.10. The molecular formula is C29H35N3. The van der Waals surface area contributed by atoms with Gasteiger partial charge in [-0.15, -0.1) is 0 Å². The number of aryl methyl sites for hydroxylation is 1. The zero-order valence-corrected chi connectivity index (χ0v) is 20.5. The Bertz CT molecular complexity index is 1120. The monoisotopic (exact) mass is 425 g/mol. The fourth-order valence-electron chi connectivity index (χ4n) is 4.10. The standard InChI is InChI=1S/C29H35N3/c1-8-19-32-30-26-24(20-9-13-22(14-10-20)28(2,3)4)17-18-25(27(26)31-32)21-11-15-23(16-12-21)29(5,6)7/h9-18H,8,19H2,1-7H3. The largest absolute Gasteiger partial charge is 0.184 e. The van der Waals surface area contributed by atoms with Crippen LogP contribution in [0.2, 0.25) is 0 Å². The number of hydrogen-bond acceptors (Lipinski definition) is 2. The maximum absolute atomic E-state index is 4.90. The predicted octanol–water partition coefficient (Wildman–Crippen LogP) is 7.77. The number of benzene rings is 3. The molecule has 4 rings (SSSR count). The van der Waals surface area contributed by atoms with Crippen LogP contribution in [-0.4, -0.2) is 15.0 Å². The Labute approximate surface area is 192 Å². The predicted molar refractivity (Wildman–Crippen MR) is 136 cm³/mol. The van der Waals surface area contributed by atoms with Gasteiger partial charge in [0.1, 0.15) is 11.0 Å². The summed E-state index contributed by atoms with van der Waals surface area (Å²) in [7, 11) is 0. The molecule has 0 bridgehead atoms. The molecule has 0 aliphatic rings. The van der Waals surface area contributed by atoms with E-state index >= 15 is 0 Å². The maximum Gasteiger partial charge on any atom is 0.121 e. The van der Waals surface area contributed by atoms with Crippen LogP contribution >= 0.6 is 0 Å². The first-order valence-electron chi connectivity index (χ1n) is 11.7. The van der Waals surface area contributed by atoms with Gasteiger partial charge in [-0.05, 0) is 39.5 Å². The Morgan fingerprint density at radius 2 is 0.969 bits per heavy atom. The van der Waals surface area contributed by atoms with Crippen LogP contribution < -0.4 is 0 Å². The van der Waals surface area contributed by atoms with Crippen LogP contribution in [0.3, 0.4) is 0 Å². The Hall–Kier alpha value is -2.94. The van der Waals surface area contributed by atoms with E-state index in [0.717, 1.165) is 35.1 Å². The van der Waals surface area contributed by atoms with Gasteiger partial charge in [0.15, 0.2) is 0 Å². The quantitative estimate of drug-likeness (QED) is 0.334. The molecule has 166 valence electrons. The lowest BCUT2D eigenvalue weighted by Gasteiger charge is -2.19. The van der Waals surface area contributed by atoms with Crippen molar-refractivity contribution in [2.45, 2.75) is 72.3 Å². The van der Waals surface area contributed by atoms with Crippen LogP contribution in [0, 0.1) is 0 Å². The van der Waals surface area contributed by atoms with E-state index in [4.69, 9.17) is 10.2 Å². The molecule has 0 fully saturated rings. The highest BCUT2D eigenvalue weighted by atomic mass is 15.5. The van der Waals surface area contributed by atoms with Crippen molar-refractivity contribution in [3.8, 4) is 22.3 Å². The average molecular weight is 426 g/mol. The van der Waals surface area contributed by atoms with Crippen LogP contribution in [-0.2, 0) is 17.4 Å². The number of aromatic nitrogens is 3. The zero-order valence-electron chi connectivity index (χ0n) is 20.5. The molecule has 4 aromatic rings. The molecule has 1 heterocycles. The van der Waals surface area contributed by atoms with Crippen molar-refractivity contribution >= 4 is 11.0 Å². The summed E-state index contributed by atoms with van der Waals surface area (Å²) in [4.78, 5) is 1.85. The molecule has 0 saturated heterocycles. The van der Waals surface area contributed by atoms with E-state index in [-0.39, 0.29) is 10.8 Å². The van der Waals surface area contributed by atoms with Gasteiger partial charge in [0.05, 0.1) is 6.54 Å². The molecular weight excluding hydrogens is 390 g/mol. The van der Waals surface area contributed by atoms with Crippen molar-refractivity contribution in [2.24, 2.45) is 0 Å². The number of rotatable bonds is 4. The Kier molecular flexibility index (Phi) is 5.70. The third-order valence-corrected chi connectivity index (χ3v) is 6.13. The molecule has 0 atom stereocenters. The second-order valence-corrected chi connectivity index (χ2v) is 10.8. The Morgan fingerprint density at radius 1 is 0.594 bits per heavy atom. The summed E-state index contributed by atoms with van der Waals surface area (Å²) >= 11 is 0. The molecule has 3 aromatic carbocycles. The summed E-state index contributed by atoms with van der Waals surface area (Å²) in [6.07, 6.45) is 1.01. The second-order valence-electron chi connectivity index (χ2n) is 10.8. The molecule has 3 heteroatoms. The highest BCUT2D eigenvalue weighted by Gasteiger charge is 2.18. The van der Waals surface area contributed by atoms with Crippen LogP contribution in [0.4, 0.5) is 0 Å². The zero-order chi connectivity index (χ0) is 23.1. The van der Waals surface area contributed by atoms with E-state index in [0.29, 0.717) is 0 Å². The normalized spacial score (nSPS) is 12.5. The minimum atomic E-state index is 0.140. The van der Waals surface area contributed by atoms with Crippen molar-refractivity contribution in [2.75, 3.05) is 0 Å². The third kappa shape index (κ3) is 4.34. The molecule has 0 saturated carbocycles. The highest BCUT2D eigenvalue weighted by molar-refractivity contribution is 6.00. The van der Waals surface area contributed by atoms with Crippen molar-refractivity contribution < 1.29 is 0 Å². The smallest absolute Gasteiger partial charge is 0.121 e. The topological polar surface area (TPSA) is 30.7 Å². The van der Waals surface area contributed by atoms with E-state index in [1.807, 2.05) is 4.80 Å². The summed E-state index contributed by atoms with van der Waals surface area (Å²) in [5, 5.41) is 9.80. The summed E-state index contributed by atoms with van der Waals surface area (Å²) in [5.74, 6) is 0. The first kappa shape index (κ1) is 22.3. The van der Waals surface area contributed by atoms with Crippen LogP contribution in [0.25, 0.3) is 33.3 Å². The summed E-state index contributed by atoms with van der Waals surface area (Å²) in [5.41, 5.74) is 9.53. The molecule has 1 aromatic heterocycles. The van der Waals surface area contributed by atoms with E-state index in [9.17, 15) is 0 Å². The molecule has 0 spiro atoms. The van der Waals surface area contributed by atoms with Gasteiger partial charge in [-0.3, -0.25) is 0 Å². The van der Waals surface area contributed by atoms with Gasteiger partial charge in [0.2, 0.25) is 0 Å². The fourth-order valence-corrected chi connectivity index (χ4v) is 4.10. The number of nitrogens with zero attached hydrogens (tertiary/aromatic N) is 3. The van der Waals surface area contributed by atoms with Gasteiger partial charge in [-0.1, -0.05) is 109 Å². The van der Waals surface area contributed by atoms with Gasteiger partial charge in [-0.25, -0.2) is 0 Å². The first-order valence-corrected chi connectivity index (χ1v) is 11.7. The minimum absolute atomic E-state index is 0.140. The van der Waals surface area contributed by atoms with Crippen LogP contribution in [0.5, 0.6) is 0 Å². The minimum Gasteiger partial charge on any atom is -0.184 e. The van der Waals surface area contributed by atoms with E-state index in [1.165, 1.54) is 22.3 Å². The van der Waals surface area contributed by atoms with Crippen molar-refractivity contribution in [1.82, 2.24) is 15.0 Å². The van der Waals surface area contributed by atoms with Crippen molar-refractivity contribution in [3.05, 3.63) is 71.8 Å². The molecule has 0 aliphatic heterocycles. The summed E-state index contributed by atoms with van der Waals surface area (Å²) in [6.45, 7) is 16.5. The lowest BCUT2D eigenvalue weighted by atomic mass is 9.85. The van der Waals surface area contributed by atoms with E-state index < -0.39 is 0 Å². The molecule has 0 aliphatic carbocycles. The highest BCUT2D eigenvalue weighted by Crippen LogP contribution is 2.35. The van der Waals surface area contributed by atoms with Gasteiger partial charge in [0, 0.05) is 11.1 Å². The van der Waals surface area contributed by atoms with Crippen molar-refractivity contribution in [1.29, 1.82) is 0 Å². The summed E-state index contributed by atoms with van der Waals surface area (Å²) < 4.78 is 0. The van der Waals surface area contributed by atoms with E-state index in [1.54, 1.807) is 0 Å². The van der Waals surface area contributed by atoms with Crippen LogP contribution in [0.15, 0.2) is 60.7 Å². The molecule has 0 amide bonds. The van der Waals surface area contributed by atoms with Gasteiger partial charge >= 0.3 is 0 Å². The molecule has 0 N–H and O–H groups in total. The van der Waals surface area contributed by atoms with Gasteiger partial charge in [0.25, 0.3) is 0 Å². The third-order valence-electron chi connectivity index (χ3n) is 6.13. The Morgan fingerprint density at radius 3 is 1.28 bits per heavy atom. The van der Waals surface area contributed by atoms with Gasteiger partial charge in [-0.2, -0.15) is 15.0 Å². The number of hydrogen-bond donors (Lipinski definition) is 0. The molecule has 3 nitrogen and oxygen atoms in total. The number of fused-ring (bicyclic) bond motifs is 1. The fraction of sp³-hybridized carbons (Fsp3) is 0.379. The maximum atomic E-state index is 4.90. The second kappa shape index (κ2) is 8.20. The van der Waals surface area contributed by atoms with E-state index in [2.05, 4.69) is 109 Å². The first-order chi connectivity index (χ1) is 15.1. The van der Waals surface area contributed by atoms with Crippen molar-refractivity contribution in [3.63, 3.8) is 0 Å². The average Bonchev–Trinajstić information content (AvgIpc) is 3.16. The molecule has 32 heavy (non-hydrogen) atoms. The molecule has 0 unspecified atom stereocenters. The Balaban J connectivity index is 1.83. The lowest BCUT2D eigenvalue weighted by molar-refractivity contribution is 0.535. The van der Waals surface area contributed by atoms with Crippen LogP contribution in [0.1, 0.15) is 66.0 Å². The molecule has 0 radical (unpaired) electrons. The SMILES string of the molecule is CCCn1nc2c(-c3ccc(C(C)(C)C)cc3)ccc(-c3ccc(C(C)(C)C)cc3)c2n1.